The summed E-state index contributed by atoms with van der Waals surface area (Å²) in [6, 6.07) is -0.547. The summed E-state index contributed by atoms with van der Waals surface area (Å²) in [6.45, 7) is 3.95. The molecule has 0 bridgehead atoms. The molecule has 0 radical (unpaired) electrons. The number of hydrogen-bond acceptors (Lipinski definition) is 3. The van der Waals surface area contributed by atoms with Crippen molar-refractivity contribution in [2.45, 2.75) is 32.7 Å². The van der Waals surface area contributed by atoms with Crippen molar-refractivity contribution in [3.8, 4) is 0 Å². The molecule has 2 N–H and O–H groups in total. The Labute approximate surface area is 88.6 Å². The summed E-state index contributed by atoms with van der Waals surface area (Å²) in [5, 5.41) is 5.09. The minimum atomic E-state index is -0.660. The van der Waals surface area contributed by atoms with Crippen molar-refractivity contribution in [3.63, 3.8) is 0 Å². The Bertz CT molecular complexity index is 286. The number of amides is 2. The molecule has 0 saturated carbocycles. The standard InChI is InChI=1S/C10H16N2O3/c1-6(2)8(13)10(15)12-7-4-3-5-11-9(7)14/h6-7H,3-5H2,1-2H3,(H,11,14)(H,12,15). The Kier molecular flexibility index (Phi) is 3.82. The maximum Gasteiger partial charge on any atom is 0.288 e. The van der Waals surface area contributed by atoms with Gasteiger partial charge in [0.05, 0.1) is 0 Å². The van der Waals surface area contributed by atoms with E-state index >= 15 is 0 Å². The average molecular weight is 212 g/mol. The smallest absolute Gasteiger partial charge is 0.288 e. The fourth-order valence-electron chi connectivity index (χ4n) is 1.40. The molecule has 0 spiro atoms. The maximum absolute atomic E-state index is 11.4. The van der Waals surface area contributed by atoms with E-state index in [1.165, 1.54) is 0 Å². The van der Waals surface area contributed by atoms with Crippen molar-refractivity contribution in [2.75, 3.05) is 6.54 Å². The monoisotopic (exact) mass is 212 g/mol. The summed E-state index contributed by atoms with van der Waals surface area (Å²) in [7, 11) is 0. The number of rotatable bonds is 3. The van der Waals surface area contributed by atoms with Crippen LogP contribution in [0.1, 0.15) is 26.7 Å². The topological polar surface area (TPSA) is 75.3 Å². The van der Waals surface area contributed by atoms with Gasteiger partial charge in [-0.1, -0.05) is 13.8 Å². The molecule has 1 aliphatic rings. The Hall–Kier alpha value is -1.39. The quantitative estimate of drug-likeness (QED) is 0.625. The third-order valence-electron chi connectivity index (χ3n) is 2.34. The molecule has 0 aromatic heterocycles. The van der Waals surface area contributed by atoms with E-state index in [1.807, 2.05) is 0 Å². The zero-order valence-electron chi connectivity index (χ0n) is 9.00. The largest absolute Gasteiger partial charge is 0.354 e. The third-order valence-corrected chi connectivity index (χ3v) is 2.34. The minimum absolute atomic E-state index is 0.203. The Morgan fingerprint density at radius 1 is 1.47 bits per heavy atom. The van der Waals surface area contributed by atoms with Crippen LogP contribution >= 0.6 is 0 Å². The first-order valence-electron chi connectivity index (χ1n) is 5.14. The highest BCUT2D eigenvalue weighted by molar-refractivity contribution is 6.37. The van der Waals surface area contributed by atoms with Gasteiger partial charge in [0.15, 0.2) is 0 Å². The van der Waals surface area contributed by atoms with E-state index in [9.17, 15) is 14.4 Å². The van der Waals surface area contributed by atoms with E-state index in [-0.39, 0.29) is 11.8 Å². The molecule has 1 heterocycles. The lowest BCUT2D eigenvalue weighted by molar-refractivity contribution is -0.141. The molecule has 1 aliphatic heterocycles. The summed E-state index contributed by atoms with van der Waals surface area (Å²) < 4.78 is 0. The van der Waals surface area contributed by atoms with Crippen LogP contribution < -0.4 is 10.6 Å². The van der Waals surface area contributed by atoms with Gasteiger partial charge < -0.3 is 10.6 Å². The van der Waals surface area contributed by atoms with Gasteiger partial charge in [-0.25, -0.2) is 0 Å². The molecule has 15 heavy (non-hydrogen) atoms. The first-order chi connectivity index (χ1) is 7.02. The Morgan fingerprint density at radius 2 is 2.13 bits per heavy atom. The number of ketones is 1. The predicted octanol–water partition coefficient (Wildman–Crippen LogP) is -0.394. The van der Waals surface area contributed by atoms with Crippen molar-refractivity contribution < 1.29 is 14.4 Å². The lowest BCUT2D eigenvalue weighted by Gasteiger charge is -2.22. The molecule has 0 aromatic rings. The SMILES string of the molecule is CC(C)C(=O)C(=O)NC1CCCNC1=O. The van der Waals surface area contributed by atoms with Crippen LogP contribution in [-0.2, 0) is 14.4 Å². The van der Waals surface area contributed by atoms with Gasteiger partial charge in [-0.05, 0) is 12.8 Å². The Balaban J connectivity index is 2.50. The third kappa shape index (κ3) is 3.04. The van der Waals surface area contributed by atoms with Gasteiger partial charge in [0.2, 0.25) is 11.7 Å². The van der Waals surface area contributed by atoms with Crippen molar-refractivity contribution >= 4 is 17.6 Å². The number of hydrogen-bond donors (Lipinski definition) is 2. The van der Waals surface area contributed by atoms with E-state index in [1.54, 1.807) is 13.8 Å². The molecule has 1 unspecified atom stereocenters. The molecule has 1 fully saturated rings. The van der Waals surface area contributed by atoms with E-state index < -0.39 is 17.7 Å². The number of carbonyl (C=O) groups is 3. The van der Waals surface area contributed by atoms with Gasteiger partial charge in [0.1, 0.15) is 6.04 Å². The first-order valence-corrected chi connectivity index (χ1v) is 5.14. The zero-order valence-corrected chi connectivity index (χ0v) is 9.00. The molecular formula is C10H16N2O3. The fraction of sp³-hybridized carbons (Fsp3) is 0.700. The number of piperidine rings is 1. The highest BCUT2D eigenvalue weighted by atomic mass is 16.2. The van der Waals surface area contributed by atoms with E-state index in [2.05, 4.69) is 10.6 Å². The second-order valence-electron chi connectivity index (χ2n) is 3.98. The molecular weight excluding hydrogens is 196 g/mol. The molecule has 0 aliphatic carbocycles. The van der Waals surface area contributed by atoms with Crippen LogP contribution in [0.5, 0.6) is 0 Å². The van der Waals surface area contributed by atoms with Crippen LogP contribution in [0.4, 0.5) is 0 Å². The van der Waals surface area contributed by atoms with Gasteiger partial charge in [0.25, 0.3) is 5.91 Å². The molecule has 0 aromatic carbocycles. The molecule has 1 saturated heterocycles. The highest BCUT2D eigenvalue weighted by Crippen LogP contribution is 2.03. The summed E-state index contributed by atoms with van der Waals surface area (Å²) >= 11 is 0. The van der Waals surface area contributed by atoms with Crippen LogP contribution in [0.3, 0.4) is 0 Å². The average Bonchev–Trinajstić information content (AvgIpc) is 2.20. The van der Waals surface area contributed by atoms with E-state index in [4.69, 9.17) is 0 Å². The molecule has 1 atom stereocenters. The zero-order chi connectivity index (χ0) is 11.4. The van der Waals surface area contributed by atoms with Crippen molar-refractivity contribution in [1.82, 2.24) is 10.6 Å². The lowest BCUT2D eigenvalue weighted by atomic mass is 10.0. The van der Waals surface area contributed by atoms with Crippen molar-refractivity contribution in [1.29, 1.82) is 0 Å². The molecule has 5 heteroatoms. The van der Waals surface area contributed by atoms with E-state index in [0.717, 1.165) is 6.42 Å². The van der Waals surface area contributed by atoms with E-state index in [0.29, 0.717) is 13.0 Å². The van der Waals surface area contributed by atoms with Crippen LogP contribution in [-0.4, -0.2) is 30.2 Å². The summed E-state index contributed by atoms with van der Waals surface area (Å²) in [5.74, 6) is -1.68. The number of nitrogens with one attached hydrogen (secondary N) is 2. The van der Waals surface area contributed by atoms with Gasteiger partial charge >= 0.3 is 0 Å². The fourth-order valence-corrected chi connectivity index (χ4v) is 1.40. The normalized spacial score (nSPS) is 21.0. The van der Waals surface area contributed by atoms with Gasteiger partial charge in [-0.3, -0.25) is 14.4 Å². The summed E-state index contributed by atoms with van der Waals surface area (Å²) in [6.07, 6.45) is 1.43. The highest BCUT2D eigenvalue weighted by Gasteiger charge is 2.26. The summed E-state index contributed by atoms with van der Waals surface area (Å²) in [4.78, 5) is 33.9. The van der Waals surface area contributed by atoms with Gasteiger partial charge in [-0.15, -0.1) is 0 Å². The minimum Gasteiger partial charge on any atom is -0.354 e. The van der Waals surface area contributed by atoms with Gasteiger partial charge in [-0.2, -0.15) is 0 Å². The molecule has 5 nitrogen and oxygen atoms in total. The first kappa shape index (κ1) is 11.7. The van der Waals surface area contributed by atoms with Crippen molar-refractivity contribution in [2.24, 2.45) is 5.92 Å². The molecule has 84 valence electrons. The van der Waals surface area contributed by atoms with Crippen LogP contribution in [0.15, 0.2) is 0 Å². The molecule has 2 amide bonds. The van der Waals surface area contributed by atoms with Crippen LogP contribution in [0.2, 0.25) is 0 Å². The molecule has 1 rings (SSSR count). The number of Topliss-reactive ketones (excluding diaryl/α,β-unsaturated/α-hetero) is 1. The number of carbonyl (C=O) groups excluding carboxylic acids is 3. The maximum atomic E-state index is 11.4. The second-order valence-corrected chi connectivity index (χ2v) is 3.98. The lowest BCUT2D eigenvalue weighted by Crippen LogP contribution is -2.52. The summed E-state index contributed by atoms with van der Waals surface area (Å²) in [5.41, 5.74) is 0. The predicted molar refractivity (Wildman–Crippen MR) is 54.0 cm³/mol. The second kappa shape index (κ2) is 4.91. The van der Waals surface area contributed by atoms with Crippen LogP contribution in [0.25, 0.3) is 0 Å². The Morgan fingerprint density at radius 3 is 2.67 bits per heavy atom. The van der Waals surface area contributed by atoms with Gasteiger partial charge in [0, 0.05) is 12.5 Å². The van der Waals surface area contributed by atoms with Crippen LogP contribution in [0, 0.1) is 5.92 Å². The van der Waals surface area contributed by atoms with Crippen molar-refractivity contribution in [3.05, 3.63) is 0 Å².